The summed E-state index contributed by atoms with van der Waals surface area (Å²) in [7, 11) is 0. The van der Waals surface area contributed by atoms with E-state index in [9.17, 15) is 9.59 Å². The molecule has 0 unspecified atom stereocenters. The molecule has 1 aliphatic rings. The van der Waals surface area contributed by atoms with Crippen molar-refractivity contribution < 1.29 is 19.1 Å². The molecule has 7 nitrogen and oxygen atoms in total. The van der Waals surface area contributed by atoms with Crippen molar-refractivity contribution in [2.45, 2.75) is 0 Å². The maximum Gasteiger partial charge on any atom is 0.424 e. The molecule has 3 aromatic rings. The van der Waals surface area contributed by atoms with Crippen molar-refractivity contribution >= 4 is 29.2 Å². The molecule has 1 N–H and O–H groups in total. The molecule has 1 aliphatic heterocycles. The summed E-state index contributed by atoms with van der Waals surface area (Å²) in [6, 6.07) is 25.2. The first-order chi connectivity index (χ1) is 15.2. The molecule has 4 rings (SSSR count). The number of carbonyl (C=O) groups is 2. The molecular formula is C24H23N3O4. The SMILES string of the molecule is O=C(Nc1ccc(OC(=O)N(c2ccccc2)c2ccccc2)cc1)N1CCOCC1. The van der Waals surface area contributed by atoms with E-state index in [1.54, 1.807) is 29.2 Å². The molecule has 0 saturated carbocycles. The predicted octanol–water partition coefficient (Wildman–Crippen LogP) is 4.89. The summed E-state index contributed by atoms with van der Waals surface area (Å²) in [5, 5.41) is 2.85. The Morgan fingerprint density at radius 3 is 1.90 bits per heavy atom. The largest absolute Gasteiger partial charge is 0.424 e. The molecule has 7 heteroatoms. The van der Waals surface area contributed by atoms with Crippen molar-refractivity contribution in [3.05, 3.63) is 84.9 Å². The lowest BCUT2D eigenvalue weighted by molar-refractivity contribution is 0.0564. The molecule has 0 aromatic heterocycles. The number of hydrogen-bond donors (Lipinski definition) is 1. The van der Waals surface area contributed by atoms with E-state index < -0.39 is 6.09 Å². The highest BCUT2D eigenvalue weighted by Gasteiger charge is 2.20. The summed E-state index contributed by atoms with van der Waals surface area (Å²) in [4.78, 5) is 28.5. The van der Waals surface area contributed by atoms with Gasteiger partial charge in [0.05, 0.1) is 24.6 Å². The van der Waals surface area contributed by atoms with E-state index in [1.807, 2.05) is 60.7 Å². The Bertz CT molecular complexity index is 965. The first-order valence-corrected chi connectivity index (χ1v) is 10.1. The maximum atomic E-state index is 13.0. The number of para-hydroxylation sites is 2. The highest BCUT2D eigenvalue weighted by molar-refractivity contribution is 5.97. The van der Waals surface area contributed by atoms with Crippen LogP contribution in [-0.2, 0) is 4.74 Å². The average molecular weight is 417 g/mol. The average Bonchev–Trinajstić information content (AvgIpc) is 2.82. The molecule has 1 heterocycles. The Hall–Kier alpha value is -3.84. The highest BCUT2D eigenvalue weighted by Crippen LogP contribution is 2.27. The topological polar surface area (TPSA) is 71.1 Å². The summed E-state index contributed by atoms with van der Waals surface area (Å²) in [6.45, 7) is 2.22. The number of anilines is 3. The van der Waals surface area contributed by atoms with Crippen LogP contribution in [0.4, 0.5) is 26.7 Å². The lowest BCUT2D eigenvalue weighted by Crippen LogP contribution is -2.43. The Morgan fingerprint density at radius 2 is 1.35 bits per heavy atom. The zero-order chi connectivity index (χ0) is 21.5. The predicted molar refractivity (Wildman–Crippen MR) is 119 cm³/mol. The van der Waals surface area contributed by atoms with Crippen molar-refractivity contribution in [1.29, 1.82) is 0 Å². The molecule has 3 aromatic carbocycles. The number of benzene rings is 3. The first kappa shape index (κ1) is 20.4. The highest BCUT2D eigenvalue weighted by atomic mass is 16.6. The fourth-order valence-electron chi connectivity index (χ4n) is 3.24. The second-order valence-corrected chi connectivity index (χ2v) is 6.93. The minimum absolute atomic E-state index is 0.174. The van der Waals surface area contributed by atoms with Crippen LogP contribution in [0.2, 0.25) is 0 Å². The third-order valence-corrected chi connectivity index (χ3v) is 4.82. The summed E-state index contributed by atoms with van der Waals surface area (Å²) >= 11 is 0. The van der Waals surface area contributed by atoms with E-state index in [4.69, 9.17) is 9.47 Å². The Kier molecular flexibility index (Phi) is 6.44. The monoisotopic (exact) mass is 417 g/mol. The van der Waals surface area contributed by atoms with E-state index in [2.05, 4.69) is 5.32 Å². The van der Waals surface area contributed by atoms with Crippen LogP contribution in [-0.4, -0.2) is 43.3 Å². The van der Waals surface area contributed by atoms with Crippen LogP contribution >= 0.6 is 0 Å². The normalized spacial score (nSPS) is 13.4. The number of carbonyl (C=O) groups excluding carboxylic acids is 2. The van der Waals surface area contributed by atoms with E-state index in [0.717, 1.165) is 0 Å². The minimum atomic E-state index is -0.525. The lowest BCUT2D eigenvalue weighted by atomic mass is 10.2. The molecule has 1 fully saturated rings. The molecule has 0 aliphatic carbocycles. The zero-order valence-corrected chi connectivity index (χ0v) is 16.9. The lowest BCUT2D eigenvalue weighted by Gasteiger charge is -2.27. The molecule has 0 bridgehead atoms. The van der Waals surface area contributed by atoms with Crippen LogP contribution in [0.3, 0.4) is 0 Å². The number of nitrogens with one attached hydrogen (secondary N) is 1. The van der Waals surface area contributed by atoms with Crippen molar-refractivity contribution in [2.75, 3.05) is 36.5 Å². The quantitative estimate of drug-likeness (QED) is 0.656. The molecule has 3 amide bonds. The summed E-state index contributed by atoms with van der Waals surface area (Å²) in [6.07, 6.45) is -0.525. The van der Waals surface area contributed by atoms with Gasteiger partial charge >= 0.3 is 12.1 Å². The van der Waals surface area contributed by atoms with Crippen molar-refractivity contribution in [3.63, 3.8) is 0 Å². The van der Waals surface area contributed by atoms with Gasteiger partial charge in [-0.2, -0.15) is 0 Å². The van der Waals surface area contributed by atoms with Gasteiger partial charge < -0.3 is 19.7 Å². The van der Waals surface area contributed by atoms with Gasteiger partial charge in [0.25, 0.3) is 0 Å². The van der Waals surface area contributed by atoms with E-state index in [0.29, 0.717) is 49.1 Å². The summed E-state index contributed by atoms with van der Waals surface area (Å²) in [5.41, 5.74) is 2.03. The number of rotatable bonds is 4. The number of morpholine rings is 1. The summed E-state index contributed by atoms with van der Waals surface area (Å²) in [5.74, 6) is 0.381. The Morgan fingerprint density at radius 1 is 0.806 bits per heavy atom. The van der Waals surface area contributed by atoms with Gasteiger partial charge in [0.1, 0.15) is 5.75 Å². The fraction of sp³-hybridized carbons (Fsp3) is 0.167. The molecule has 0 spiro atoms. The van der Waals surface area contributed by atoms with Crippen LogP contribution in [0.25, 0.3) is 0 Å². The van der Waals surface area contributed by atoms with Crippen LogP contribution < -0.4 is 15.0 Å². The van der Waals surface area contributed by atoms with Gasteiger partial charge in [-0.3, -0.25) is 0 Å². The van der Waals surface area contributed by atoms with Crippen molar-refractivity contribution in [2.24, 2.45) is 0 Å². The van der Waals surface area contributed by atoms with Crippen molar-refractivity contribution in [1.82, 2.24) is 4.90 Å². The Labute approximate surface area is 180 Å². The minimum Gasteiger partial charge on any atom is -0.410 e. The zero-order valence-electron chi connectivity index (χ0n) is 16.9. The molecule has 0 atom stereocenters. The van der Waals surface area contributed by atoms with Crippen LogP contribution in [0.15, 0.2) is 84.9 Å². The molecule has 31 heavy (non-hydrogen) atoms. The van der Waals surface area contributed by atoms with Gasteiger partial charge in [-0.1, -0.05) is 36.4 Å². The molecule has 1 saturated heterocycles. The Balaban J connectivity index is 1.45. The fourth-order valence-corrected chi connectivity index (χ4v) is 3.24. The van der Waals surface area contributed by atoms with Crippen molar-refractivity contribution in [3.8, 4) is 5.75 Å². The number of hydrogen-bond acceptors (Lipinski definition) is 4. The second kappa shape index (κ2) is 9.77. The van der Waals surface area contributed by atoms with Gasteiger partial charge in [0.15, 0.2) is 0 Å². The molecule has 158 valence electrons. The van der Waals surface area contributed by atoms with E-state index >= 15 is 0 Å². The third kappa shape index (κ3) is 5.21. The van der Waals surface area contributed by atoms with Crippen LogP contribution in [0.5, 0.6) is 5.75 Å². The van der Waals surface area contributed by atoms with Gasteiger partial charge in [0.2, 0.25) is 0 Å². The third-order valence-electron chi connectivity index (χ3n) is 4.82. The number of urea groups is 1. The van der Waals surface area contributed by atoms with Gasteiger partial charge in [0, 0.05) is 18.8 Å². The standard InChI is InChI=1S/C24H23N3O4/c28-23(26-15-17-30-18-16-26)25-19-11-13-22(14-12-19)31-24(29)27(20-7-3-1-4-8-20)21-9-5-2-6-10-21/h1-14H,15-18H2,(H,25,28). The van der Waals surface area contributed by atoms with E-state index in [-0.39, 0.29) is 6.03 Å². The molecular weight excluding hydrogens is 394 g/mol. The second-order valence-electron chi connectivity index (χ2n) is 6.93. The molecule has 0 radical (unpaired) electrons. The number of ether oxygens (including phenoxy) is 2. The van der Waals surface area contributed by atoms with Gasteiger partial charge in [-0.05, 0) is 48.5 Å². The number of amides is 3. The summed E-state index contributed by atoms with van der Waals surface area (Å²) < 4.78 is 10.9. The smallest absolute Gasteiger partial charge is 0.410 e. The van der Waals surface area contributed by atoms with E-state index in [1.165, 1.54) is 4.90 Å². The first-order valence-electron chi connectivity index (χ1n) is 10.1. The maximum absolute atomic E-state index is 13.0. The van der Waals surface area contributed by atoms with Gasteiger partial charge in [-0.15, -0.1) is 0 Å². The van der Waals surface area contributed by atoms with Crippen LogP contribution in [0, 0.1) is 0 Å². The van der Waals surface area contributed by atoms with Crippen LogP contribution in [0.1, 0.15) is 0 Å². The number of nitrogens with zero attached hydrogens (tertiary/aromatic N) is 2. The van der Waals surface area contributed by atoms with Gasteiger partial charge in [-0.25, -0.2) is 14.5 Å².